The summed E-state index contributed by atoms with van der Waals surface area (Å²) in [5.41, 5.74) is 1.09. The molecule has 0 radical (unpaired) electrons. The van der Waals surface area contributed by atoms with E-state index in [9.17, 15) is 9.18 Å². The zero-order valence-electron chi connectivity index (χ0n) is 15.7. The third-order valence-electron chi connectivity index (χ3n) is 5.52. The van der Waals surface area contributed by atoms with Gasteiger partial charge < -0.3 is 14.5 Å². The van der Waals surface area contributed by atoms with E-state index in [-0.39, 0.29) is 17.5 Å². The zero-order chi connectivity index (χ0) is 19.8. The highest BCUT2D eigenvalue weighted by atomic mass is 19.1. The smallest absolute Gasteiger partial charge is 0.228 e. The van der Waals surface area contributed by atoms with Crippen molar-refractivity contribution in [1.29, 1.82) is 0 Å². The van der Waals surface area contributed by atoms with E-state index in [2.05, 4.69) is 20.1 Å². The van der Waals surface area contributed by atoms with Gasteiger partial charge in [-0.3, -0.25) is 9.78 Å². The molecule has 9 nitrogen and oxygen atoms in total. The molecule has 2 aliphatic rings. The molecule has 3 aromatic rings. The molecule has 0 aliphatic carbocycles. The lowest BCUT2D eigenvalue weighted by Crippen LogP contribution is -2.43. The molecular formula is C19H20FN7O2. The van der Waals surface area contributed by atoms with E-state index in [1.807, 2.05) is 15.9 Å². The fraction of sp³-hybridized carbons (Fsp3) is 0.421. The molecule has 0 N–H and O–H groups in total. The molecule has 150 valence electrons. The van der Waals surface area contributed by atoms with Crippen LogP contribution in [0.15, 0.2) is 31.0 Å². The van der Waals surface area contributed by atoms with Crippen molar-refractivity contribution in [2.24, 2.45) is 5.92 Å². The van der Waals surface area contributed by atoms with Crippen molar-refractivity contribution in [3.05, 3.63) is 42.4 Å². The first-order valence-corrected chi connectivity index (χ1v) is 9.64. The molecule has 3 aromatic heterocycles. The highest BCUT2D eigenvalue weighted by Gasteiger charge is 2.31. The van der Waals surface area contributed by atoms with Gasteiger partial charge in [-0.25, -0.2) is 14.4 Å². The quantitative estimate of drug-likeness (QED) is 0.644. The molecule has 0 unspecified atom stereocenters. The number of carbonyl (C=O) groups is 1. The minimum Gasteiger partial charge on any atom is -0.491 e. The summed E-state index contributed by atoms with van der Waals surface area (Å²) in [6.45, 7) is 2.85. The molecule has 0 saturated carbocycles. The van der Waals surface area contributed by atoms with Gasteiger partial charge in [-0.2, -0.15) is 9.61 Å². The van der Waals surface area contributed by atoms with Crippen LogP contribution in [0.25, 0.3) is 5.65 Å². The Hall–Kier alpha value is -3.30. The third kappa shape index (κ3) is 3.24. The first kappa shape index (κ1) is 17.8. The molecule has 1 amide bonds. The number of nitrogens with zero attached hydrogens (tertiary/aromatic N) is 7. The monoisotopic (exact) mass is 397 g/mol. The summed E-state index contributed by atoms with van der Waals surface area (Å²) in [6.07, 6.45) is 7.33. The molecule has 1 saturated heterocycles. The molecule has 0 aromatic carbocycles. The maximum Gasteiger partial charge on any atom is 0.228 e. The topological polar surface area (TPSA) is 88.8 Å². The Morgan fingerprint density at radius 3 is 2.90 bits per heavy atom. The van der Waals surface area contributed by atoms with Crippen molar-refractivity contribution < 1.29 is 13.9 Å². The van der Waals surface area contributed by atoms with Gasteiger partial charge in [0.25, 0.3) is 0 Å². The molecule has 0 spiro atoms. The first-order chi connectivity index (χ1) is 14.2. The van der Waals surface area contributed by atoms with E-state index >= 15 is 0 Å². The lowest BCUT2D eigenvalue weighted by atomic mass is 9.95. The number of hydrogen-bond donors (Lipinski definition) is 0. The number of amides is 1. The van der Waals surface area contributed by atoms with Crippen molar-refractivity contribution in [3.63, 3.8) is 0 Å². The van der Waals surface area contributed by atoms with Gasteiger partial charge in [-0.05, 0) is 18.9 Å². The van der Waals surface area contributed by atoms with Crippen LogP contribution in [0.1, 0.15) is 18.4 Å². The Labute approximate surface area is 166 Å². The summed E-state index contributed by atoms with van der Waals surface area (Å²) in [5, 5.41) is 4.08. The van der Waals surface area contributed by atoms with E-state index < -0.39 is 5.82 Å². The number of hydrogen-bond acceptors (Lipinski definition) is 7. The molecule has 10 heteroatoms. The van der Waals surface area contributed by atoms with Crippen LogP contribution in [0, 0.1) is 11.7 Å². The Morgan fingerprint density at radius 1 is 1.17 bits per heavy atom. The second-order valence-electron chi connectivity index (χ2n) is 7.25. The molecular weight excluding hydrogens is 377 g/mol. The summed E-state index contributed by atoms with van der Waals surface area (Å²) in [7, 11) is 0. The highest BCUT2D eigenvalue weighted by Crippen LogP contribution is 2.27. The van der Waals surface area contributed by atoms with Gasteiger partial charge in [0, 0.05) is 37.0 Å². The molecule has 5 heterocycles. The van der Waals surface area contributed by atoms with Crippen LogP contribution in [0.2, 0.25) is 0 Å². The van der Waals surface area contributed by atoms with Crippen molar-refractivity contribution in [2.45, 2.75) is 19.4 Å². The minimum atomic E-state index is -0.505. The van der Waals surface area contributed by atoms with Gasteiger partial charge in [-0.15, -0.1) is 0 Å². The number of halogens is 1. The summed E-state index contributed by atoms with van der Waals surface area (Å²) >= 11 is 0. The van der Waals surface area contributed by atoms with Crippen LogP contribution in [0.3, 0.4) is 0 Å². The Kier molecular flexibility index (Phi) is 4.45. The summed E-state index contributed by atoms with van der Waals surface area (Å²) in [4.78, 5) is 29.3. The van der Waals surface area contributed by atoms with E-state index in [4.69, 9.17) is 4.74 Å². The zero-order valence-corrected chi connectivity index (χ0v) is 15.7. The number of rotatable bonds is 2. The number of carbonyl (C=O) groups excluding carboxylic acids is 1. The summed E-state index contributed by atoms with van der Waals surface area (Å²) in [5.74, 6) is 0.922. The molecule has 2 aliphatic heterocycles. The third-order valence-corrected chi connectivity index (χ3v) is 5.52. The maximum atomic E-state index is 13.8. The van der Waals surface area contributed by atoms with E-state index in [1.165, 1.54) is 17.0 Å². The predicted octanol–water partition coefficient (Wildman–Crippen LogP) is 1.30. The van der Waals surface area contributed by atoms with Gasteiger partial charge in [0.2, 0.25) is 11.9 Å². The molecule has 1 fully saturated rings. The fourth-order valence-corrected chi connectivity index (χ4v) is 3.99. The summed E-state index contributed by atoms with van der Waals surface area (Å²) in [6, 6.07) is 1.84. The van der Waals surface area contributed by atoms with E-state index in [1.54, 1.807) is 12.4 Å². The Balaban J connectivity index is 1.27. The standard InChI is InChI=1S/C19H20FN7O2/c20-15-10-22-19(27-17(15)23-12-24-27)25-5-2-13(3-6-25)18(28)26-7-8-29-16-1-4-21-9-14(16)11-26/h1,4,9-10,12-13H,2-3,5-8,11H2. The number of aromatic nitrogens is 5. The van der Waals surface area contributed by atoms with Crippen molar-refractivity contribution in [2.75, 3.05) is 31.1 Å². The second kappa shape index (κ2) is 7.26. The first-order valence-electron chi connectivity index (χ1n) is 9.64. The van der Waals surface area contributed by atoms with E-state index in [0.29, 0.717) is 51.6 Å². The average molecular weight is 397 g/mol. The minimum absolute atomic E-state index is 0.0591. The van der Waals surface area contributed by atoms with Crippen LogP contribution in [0.4, 0.5) is 10.3 Å². The second-order valence-corrected chi connectivity index (χ2v) is 7.25. The molecule has 5 rings (SSSR count). The van der Waals surface area contributed by atoms with Crippen molar-refractivity contribution in [1.82, 2.24) is 29.5 Å². The van der Waals surface area contributed by atoms with Gasteiger partial charge in [0.05, 0.1) is 19.3 Å². The largest absolute Gasteiger partial charge is 0.491 e. The highest BCUT2D eigenvalue weighted by molar-refractivity contribution is 5.79. The SMILES string of the molecule is O=C(C1CCN(c2ncc(F)c3ncnn23)CC1)N1CCOc2ccncc2C1. The van der Waals surface area contributed by atoms with Gasteiger partial charge >= 0.3 is 0 Å². The van der Waals surface area contributed by atoms with Crippen LogP contribution >= 0.6 is 0 Å². The van der Waals surface area contributed by atoms with Gasteiger partial charge in [0.1, 0.15) is 18.7 Å². The van der Waals surface area contributed by atoms with Crippen LogP contribution < -0.4 is 9.64 Å². The Bertz CT molecular complexity index is 1050. The maximum absolute atomic E-state index is 13.8. The number of pyridine rings is 1. The van der Waals surface area contributed by atoms with Crippen molar-refractivity contribution in [3.8, 4) is 5.75 Å². The summed E-state index contributed by atoms with van der Waals surface area (Å²) < 4.78 is 21.0. The van der Waals surface area contributed by atoms with E-state index in [0.717, 1.165) is 11.3 Å². The van der Waals surface area contributed by atoms with Crippen LogP contribution in [0.5, 0.6) is 5.75 Å². The average Bonchev–Trinajstić information content (AvgIpc) is 3.15. The van der Waals surface area contributed by atoms with Crippen LogP contribution in [-0.4, -0.2) is 61.6 Å². The fourth-order valence-electron chi connectivity index (χ4n) is 3.99. The predicted molar refractivity (Wildman–Crippen MR) is 101 cm³/mol. The molecule has 0 atom stereocenters. The Morgan fingerprint density at radius 2 is 2.03 bits per heavy atom. The van der Waals surface area contributed by atoms with Crippen molar-refractivity contribution >= 4 is 17.5 Å². The molecule has 0 bridgehead atoms. The van der Waals surface area contributed by atoms with Gasteiger partial charge in [-0.1, -0.05) is 0 Å². The number of ether oxygens (including phenoxy) is 1. The number of piperidine rings is 1. The lowest BCUT2D eigenvalue weighted by Gasteiger charge is -2.34. The lowest BCUT2D eigenvalue weighted by molar-refractivity contribution is -0.137. The number of anilines is 1. The van der Waals surface area contributed by atoms with Crippen LogP contribution in [-0.2, 0) is 11.3 Å². The van der Waals surface area contributed by atoms with Gasteiger partial charge in [0.15, 0.2) is 11.5 Å². The number of fused-ring (bicyclic) bond motifs is 2. The normalized spacial score (nSPS) is 17.7. The molecule has 29 heavy (non-hydrogen) atoms.